The van der Waals surface area contributed by atoms with Gasteiger partial charge in [-0.15, -0.1) is 0 Å². The molecule has 3 rings (SSSR count). The molecule has 0 saturated heterocycles. The Hall–Kier alpha value is -1.80. The summed E-state index contributed by atoms with van der Waals surface area (Å²) in [6.07, 6.45) is 2.41. The minimum absolute atomic E-state index is 0.358. The summed E-state index contributed by atoms with van der Waals surface area (Å²) in [6.45, 7) is 5.50. The van der Waals surface area contributed by atoms with Gasteiger partial charge in [0, 0.05) is 24.0 Å². The van der Waals surface area contributed by atoms with E-state index in [1.165, 1.54) is 40.9 Å². The number of hydrogen-bond acceptors (Lipinski definition) is 2. The molecule has 0 saturated carbocycles. The lowest BCUT2D eigenvalue weighted by molar-refractivity contribution is 0.648. The quantitative estimate of drug-likeness (QED) is 0.898. The zero-order valence-electron chi connectivity index (χ0n) is 13.2. The van der Waals surface area contributed by atoms with E-state index in [1.54, 1.807) is 0 Å². The Bertz CT molecular complexity index is 633. The van der Waals surface area contributed by atoms with Gasteiger partial charge >= 0.3 is 0 Å². The Morgan fingerprint density at radius 3 is 2.71 bits per heavy atom. The lowest BCUT2D eigenvalue weighted by Crippen LogP contribution is -2.27. The predicted octanol–water partition coefficient (Wildman–Crippen LogP) is 4.36. The maximum absolute atomic E-state index is 3.37. The number of nitrogens with one attached hydrogen (secondary N) is 1. The fourth-order valence-corrected chi connectivity index (χ4v) is 3.23. The number of rotatable bonds is 3. The van der Waals surface area contributed by atoms with Gasteiger partial charge in [-0.3, -0.25) is 0 Å². The molecule has 21 heavy (non-hydrogen) atoms. The molecule has 0 spiro atoms. The third-order valence-corrected chi connectivity index (χ3v) is 4.48. The van der Waals surface area contributed by atoms with Crippen molar-refractivity contribution >= 4 is 11.4 Å². The Kier molecular flexibility index (Phi) is 3.98. The minimum Gasteiger partial charge on any atom is -0.341 e. The largest absolute Gasteiger partial charge is 0.341 e. The van der Waals surface area contributed by atoms with Gasteiger partial charge in [-0.1, -0.05) is 35.9 Å². The van der Waals surface area contributed by atoms with Gasteiger partial charge in [0.15, 0.2) is 0 Å². The molecule has 110 valence electrons. The van der Waals surface area contributed by atoms with E-state index in [4.69, 9.17) is 0 Å². The minimum atomic E-state index is 0.358. The van der Waals surface area contributed by atoms with E-state index >= 15 is 0 Å². The second kappa shape index (κ2) is 5.90. The first kappa shape index (κ1) is 14.2. The molecular weight excluding hydrogens is 256 g/mol. The second-order valence-corrected chi connectivity index (χ2v) is 5.96. The van der Waals surface area contributed by atoms with Crippen molar-refractivity contribution in [2.75, 3.05) is 18.5 Å². The van der Waals surface area contributed by atoms with Gasteiger partial charge in [-0.25, -0.2) is 0 Å². The average Bonchev–Trinajstić information content (AvgIpc) is 2.53. The summed E-state index contributed by atoms with van der Waals surface area (Å²) >= 11 is 0. The van der Waals surface area contributed by atoms with Crippen LogP contribution in [0.15, 0.2) is 42.5 Å². The number of para-hydroxylation sites is 1. The molecule has 0 fully saturated rings. The van der Waals surface area contributed by atoms with Crippen molar-refractivity contribution in [1.82, 2.24) is 5.32 Å². The van der Waals surface area contributed by atoms with E-state index in [-0.39, 0.29) is 0 Å². The maximum Gasteiger partial charge on any atom is 0.0459 e. The highest BCUT2D eigenvalue weighted by Gasteiger charge is 2.21. The first-order chi connectivity index (χ1) is 10.2. The van der Waals surface area contributed by atoms with Crippen LogP contribution in [0.25, 0.3) is 0 Å². The SMILES string of the molecule is CNC(C)c1ccccc1N1CCCc2cc(C)ccc21. The molecule has 1 aliphatic rings. The van der Waals surface area contributed by atoms with Crippen LogP contribution in [0.1, 0.15) is 36.1 Å². The number of hydrogen-bond donors (Lipinski definition) is 1. The predicted molar refractivity (Wildman–Crippen MR) is 90.4 cm³/mol. The van der Waals surface area contributed by atoms with E-state index < -0.39 is 0 Å². The van der Waals surface area contributed by atoms with Crippen LogP contribution < -0.4 is 10.2 Å². The number of nitrogens with zero attached hydrogens (tertiary/aromatic N) is 1. The van der Waals surface area contributed by atoms with E-state index in [1.807, 2.05) is 7.05 Å². The van der Waals surface area contributed by atoms with Crippen molar-refractivity contribution in [1.29, 1.82) is 0 Å². The Labute approximate surface area is 127 Å². The molecule has 0 amide bonds. The molecule has 2 aromatic carbocycles. The van der Waals surface area contributed by atoms with Gasteiger partial charge in [0.25, 0.3) is 0 Å². The summed E-state index contributed by atoms with van der Waals surface area (Å²) < 4.78 is 0. The Balaban J connectivity index is 2.07. The lowest BCUT2D eigenvalue weighted by atomic mass is 9.97. The van der Waals surface area contributed by atoms with Crippen LogP contribution in [-0.4, -0.2) is 13.6 Å². The van der Waals surface area contributed by atoms with Crippen molar-refractivity contribution in [2.24, 2.45) is 0 Å². The van der Waals surface area contributed by atoms with Gasteiger partial charge in [0.05, 0.1) is 0 Å². The van der Waals surface area contributed by atoms with Gasteiger partial charge in [0.2, 0.25) is 0 Å². The molecule has 1 heterocycles. The fraction of sp³-hybridized carbons (Fsp3) is 0.368. The molecular formula is C19H24N2. The second-order valence-electron chi connectivity index (χ2n) is 5.96. The highest BCUT2D eigenvalue weighted by molar-refractivity contribution is 5.71. The highest BCUT2D eigenvalue weighted by Crippen LogP contribution is 2.37. The molecule has 1 atom stereocenters. The van der Waals surface area contributed by atoms with Crippen LogP contribution >= 0.6 is 0 Å². The molecule has 1 N–H and O–H groups in total. The van der Waals surface area contributed by atoms with Crippen LogP contribution in [-0.2, 0) is 6.42 Å². The summed E-state index contributed by atoms with van der Waals surface area (Å²) in [5.41, 5.74) is 6.92. The van der Waals surface area contributed by atoms with Crippen molar-refractivity contribution in [3.05, 3.63) is 59.2 Å². The molecule has 0 aliphatic carbocycles. The van der Waals surface area contributed by atoms with E-state index in [0.29, 0.717) is 6.04 Å². The molecule has 2 heteroatoms. The molecule has 2 nitrogen and oxygen atoms in total. The zero-order chi connectivity index (χ0) is 14.8. The number of anilines is 2. The molecule has 0 aromatic heterocycles. The number of aryl methyl sites for hydroxylation is 2. The monoisotopic (exact) mass is 280 g/mol. The molecule has 2 aromatic rings. The molecule has 0 radical (unpaired) electrons. The highest BCUT2D eigenvalue weighted by atomic mass is 15.1. The summed E-state index contributed by atoms with van der Waals surface area (Å²) in [6, 6.07) is 16.0. The third kappa shape index (κ3) is 2.68. The lowest BCUT2D eigenvalue weighted by Gasteiger charge is -2.34. The van der Waals surface area contributed by atoms with Crippen molar-refractivity contribution in [2.45, 2.75) is 32.7 Å². The van der Waals surface area contributed by atoms with Crippen molar-refractivity contribution in [3.63, 3.8) is 0 Å². The van der Waals surface area contributed by atoms with Crippen LogP contribution in [0.3, 0.4) is 0 Å². The van der Waals surface area contributed by atoms with Crippen molar-refractivity contribution in [3.8, 4) is 0 Å². The maximum atomic E-state index is 3.37. The standard InChI is InChI=1S/C19H24N2/c1-14-10-11-18-16(13-14)7-6-12-21(18)19-9-5-4-8-17(19)15(2)20-3/h4-5,8-11,13,15,20H,6-7,12H2,1-3H3. The van der Waals surface area contributed by atoms with Crippen LogP contribution in [0, 0.1) is 6.92 Å². The molecule has 1 aliphatic heterocycles. The van der Waals surface area contributed by atoms with Gasteiger partial charge in [-0.2, -0.15) is 0 Å². The Morgan fingerprint density at radius 2 is 1.90 bits per heavy atom. The van der Waals surface area contributed by atoms with E-state index in [2.05, 4.69) is 66.5 Å². The first-order valence-electron chi connectivity index (χ1n) is 7.84. The third-order valence-electron chi connectivity index (χ3n) is 4.48. The zero-order valence-corrected chi connectivity index (χ0v) is 13.2. The number of fused-ring (bicyclic) bond motifs is 1. The topological polar surface area (TPSA) is 15.3 Å². The van der Waals surface area contributed by atoms with Gasteiger partial charge in [-0.05, 0) is 57.0 Å². The van der Waals surface area contributed by atoms with Gasteiger partial charge < -0.3 is 10.2 Å². The number of benzene rings is 2. The summed E-state index contributed by atoms with van der Waals surface area (Å²) in [7, 11) is 2.02. The van der Waals surface area contributed by atoms with E-state index in [0.717, 1.165) is 6.54 Å². The van der Waals surface area contributed by atoms with Gasteiger partial charge in [0.1, 0.15) is 0 Å². The van der Waals surface area contributed by atoms with E-state index in [9.17, 15) is 0 Å². The van der Waals surface area contributed by atoms with Crippen LogP contribution in [0.2, 0.25) is 0 Å². The van der Waals surface area contributed by atoms with Crippen LogP contribution in [0.4, 0.5) is 11.4 Å². The summed E-state index contributed by atoms with van der Waals surface area (Å²) in [5.74, 6) is 0. The fourth-order valence-electron chi connectivity index (χ4n) is 3.23. The average molecular weight is 280 g/mol. The van der Waals surface area contributed by atoms with Crippen LogP contribution in [0.5, 0.6) is 0 Å². The molecule has 1 unspecified atom stereocenters. The first-order valence-corrected chi connectivity index (χ1v) is 7.84. The Morgan fingerprint density at radius 1 is 1.10 bits per heavy atom. The summed E-state index contributed by atoms with van der Waals surface area (Å²) in [4.78, 5) is 2.49. The van der Waals surface area contributed by atoms with Crippen molar-refractivity contribution < 1.29 is 0 Å². The molecule has 0 bridgehead atoms. The summed E-state index contributed by atoms with van der Waals surface area (Å²) in [5, 5.41) is 3.37. The normalized spacial score (nSPS) is 15.7. The smallest absolute Gasteiger partial charge is 0.0459 e.